The number of likely N-dealkylation sites (tertiary alicyclic amines) is 1. The van der Waals surface area contributed by atoms with Crippen molar-refractivity contribution in [1.29, 1.82) is 0 Å². The molecule has 5 rings (SSSR count). The molecule has 1 saturated heterocycles. The summed E-state index contributed by atoms with van der Waals surface area (Å²) >= 11 is 0. The van der Waals surface area contributed by atoms with Gasteiger partial charge in [-0.25, -0.2) is 4.39 Å². The van der Waals surface area contributed by atoms with Crippen molar-refractivity contribution in [2.24, 2.45) is 5.41 Å². The maximum Gasteiger partial charge on any atom is 0.316 e. The fraction of sp³-hybridized carbons (Fsp3) is 0.571. The number of halogens is 1. The molecular formula is C21H25FN4O2. The number of nitrogens with one attached hydrogen (secondary N) is 1. The summed E-state index contributed by atoms with van der Waals surface area (Å²) in [6, 6.07) is 6.66. The van der Waals surface area contributed by atoms with Crippen LogP contribution in [0.3, 0.4) is 0 Å². The molecule has 7 heteroatoms. The zero-order valence-electron chi connectivity index (χ0n) is 16.0. The number of piperidine rings is 1. The molecule has 1 aliphatic heterocycles. The Labute approximate surface area is 163 Å². The third-order valence-corrected chi connectivity index (χ3v) is 6.66. The summed E-state index contributed by atoms with van der Waals surface area (Å²) in [5, 5.41) is 11.2. The summed E-state index contributed by atoms with van der Waals surface area (Å²) in [6.45, 7) is 3.51. The van der Waals surface area contributed by atoms with Crippen molar-refractivity contribution in [3.8, 4) is 0 Å². The van der Waals surface area contributed by atoms with E-state index < -0.39 is 6.04 Å². The van der Waals surface area contributed by atoms with Gasteiger partial charge in [0, 0.05) is 19.0 Å². The van der Waals surface area contributed by atoms with E-state index in [1.54, 1.807) is 12.1 Å². The molecule has 2 heterocycles. The molecule has 2 aromatic rings. The molecule has 6 nitrogen and oxygen atoms in total. The van der Waals surface area contributed by atoms with E-state index in [9.17, 15) is 9.18 Å². The lowest BCUT2D eigenvalue weighted by molar-refractivity contribution is -0.133. The molecule has 1 aromatic heterocycles. The molecule has 3 aliphatic rings. The Morgan fingerprint density at radius 3 is 2.68 bits per heavy atom. The highest BCUT2D eigenvalue weighted by Crippen LogP contribution is 2.55. The highest BCUT2D eigenvalue weighted by atomic mass is 19.1. The van der Waals surface area contributed by atoms with E-state index in [-0.39, 0.29) is 29.6 Å². The van der Waals surface area contributed by atoms with Crippen molar-refractivity contribution < 1.29 is 13.6 Å². The van der Waals surface area contributed by atoms with E-state index in [0.717, 1.165) is 32.4 Å². The van der Waals surface area contributed by atoms with E-state index in [1.165, 1.54) is 18.9 Å². The van der Waals surface area contributed by atoms with Crippen LogP contribution in [-0.4, -0.2) is 40.1 Å². The fourth-order valence-electron chi connectivity index (χ4n) is 4.43. The molecule has 1 amide bonds. The lowest BCUT2D eigenvalue weighted by Gasteiger charge is -2.33. The van der Waals surface area contributed by atoms with Crippen LogP contribution in [0.4, 0.5) is 10.4 Å². The topological polar surface area (TPSA) is 71.3 Å². The minimum atomic E-state index is -0.414. The SMILES string of the molecule is C[C@@H](Nc1nnc(C2C[C@@H]2c2ccccc2F)o1)C(=O)N1CCC2(CC1)CC2. The number of hydrogen-bond donors (Lipinski definition) is 1. The van der Waals surface area contributed by atoms with E-state index in [2.05, 4.69) is 15.5 Å². The average Bonchev–Trinajstić information content (AvgIpc) is 3.61. The number of nitrogens with zero attached hydrogens (tertiary/aromatic N) is 3. The molecule has 148 valence electrons. The van der Waals surface area contributed by atoms with Crippen molar-refractivity contribution in [3.63, 3.8) is 0 Å². The summed E-state index contributed by atoms with van der Waals surface area (Å²) in [5.74, 6) is 0.510. The smallest absolute Gasteiger partial charge is 0.316 e. The van der Waals surface area contributed by atoms with Gasteiger partial charge in [-0.2, -0.15) is 0 Å². The lowest BCUT2D eigenvalue weighted by atomic mass is 9.93. The maximum atomic E-state index is 13.9. The first-order valence-corrected chi connectivity index (χ1v) is 10.2. The predicted molar refractivity (Wildman–Crippen MR) is 101 cm³/mol. The third kappa shape index (κ3) is 3.27. The summed E-state index contributed by atoms with van der Waals surface area (Å²) < 4.78 is 19.7. The van der Waals surface area contributed by atoms with Gasteiger partial charge in [0.15, 0.2) is 0 Å². The van der Waals surface area contributed by atoms with Gasteiger partial charge in [-0.05, 0) is 62.0 Å². The predicted octanol–water partition coefficient (Wildman–Crippen LogP) is 3.68. The molecule has 1 spiro atoms. The maximum absolute atomic E-state index is 13.9. The second-order valence-corrected chi connectivity index (χ2v) is 8.61. The molecule has 0 bridgehead atoms. The first-order valence-electron chi connectivity index (χ1n) is 10.2. The third-order valence-electron chi connectivity index (χ3n) is 6.66. The van der Waals surface area contributed by atoms with Crippen LogP contribution in [0, 0.1) is 11.2 Å². The van der Waals surface area contributed by atoms with Gasteiger partial charge in [0.2, 0.25) is 11.8 Å². The van der Waals surface area contributed by atoms with E-state index in [4.69, 9.17) is 4.42 Å². The Hall–Kier alpha value is -2.44. The van der Waals surface area contributed by atoms with Gasteiger partial charge in [-0.3, -0.25) is 4.79 Å². The van der Waals surface area contributed by atoms with Crippen LogP contribution in [-0.2, 0) is 4.79 Å². The van der Waals surface area contributed by atoms with Gasteiger partial charge in [0.25, 0.3) is 0 Å². The van der Waals surface area contributed by atoms with Crippen LogP contribution in [0.5, 0.6) is 0 Å². The number of aromatic nitrogens is 2. The first kappa shape index (κ1) is 17.6. The highest BCUT2D eigenvalue weighted by Gasteiger charge is 2.46. The van der Waals surface area contributed by atoms with E-state index in [0.29, 0.717) is 16.9 Å². The molecule has 3 fully saturated rings. The molecule has 1 unspecified atom stereocenters. The molecular weight excluding hydrogens is 359 g/mol. The monoisotopic (exact) mass is 384 g/mol. The second-order valence-electron chi connectivity index (χ2n) is 8.61. The van der Waals surface area contributed by atoms with Crippen LogP contribution in [0.25, 0.3) is 0 Å². The van der Waals surface area contributed by atoms with Crippen molar-refractivity contribution in [2.75, 3.05) is 18.4 Å². The van der Waals surface area contributed by atoms with Crippen LogP contribution in [0.1, 0.15) is 62.3 Å². The van der Waals surface area contributed by atoms with E-state index in [1.807, 2.05) is 17.9 Å². The van der Waals surface area contributed by atoms with Gasteiger partial charge >= 0.3 is 6.01 Å². The largest absolute Gasteiger partial charge is 0.408 e. The second kappa shape index (κ2) is 6.57. The van der Waals surface area contributed by atoms with Crippen LogP contribution in [0.2, 0.25) is 0 Å². The van der Waals surface area contributed by atoms with Gasteiger partial charge in [0.1, 0.15) is 11.9 Å². The van der Waals surface area contributed by atoms with Gasteiger partial charge in [0.05, 0.1) is 0 Å². The highest BCUT2D eigenvalue weighted by molar-refractivity contribution is 5.83. The Balaban J connectivity index is 1.18. The van der Waals surface area contributed by atoms with Gasteiger partial charge < -0.3 is 14.6 Å². The molecule has 2 saturated carbocycles. The normalized spacial score (nSPS) is 26.1. The van der Waals surface area contributed by atoms with E-state index >= 15 is 0 Å². The number of amides is 1. The standard InChI is InChI=1S/C21H25FN4O2/c1-13(19(27)26-10-8-21(6-7-21)9-11-26)23-20-25-24-18(28-20)16-12-15(16)14-4-2-3-5-17(14)22/h2-5,13,15-16H,6-12H2,1H3,(H,23,25)/t13-,15-,16?/m1/s1. The summed E-state index contributed by atoms with van der Waals surface area (Å²) in [6.07, 6.45) is 5.68. The van der Waals surface area contributed by atoms with Crippen molar-refractivity contribution in [2.45, 2.75) is 56.9 Å². The summed E-state index contributed by atoms with van der Waals surface area (Å²) in [4.78, 5) is 14.6. The minimum Gasteiger partial charge on any atom is -0.408 e. The van der Waals surface area contributed by atoms with Crippen molar-refractivity contribution in [3.05, 3.63) is 41.5 Å². The van der Waals surface area contributed by atoms with Crippen molar-refractivity contribution in [1.82, 2.24) is 15.1 Å². The minimum absolute atomic E-state index is 0.0442. The number of carbonyl (C=O) groups is 1. The Kier molecular flexibility index (Phi) is 4.14. The summed E-state index contributed by atoms with van der Waals surface area (Å²) in [5.41, 5.74) is 1.25. The van der Waals surface area contributed by atoms with Crippen molar-refractivity contribution >= 4 is 11.9 Å². The van der Waals surface area contributed by atoms with Crippen LogP contribution in [0.15, 0.2) is 28.7 Å². The van der Waals surface area contributed by atoms with Crippen LogP contribution < -0.4 is 5.32 Å². The van der Waals surface area contributed by atoms with Crippen LogP contribution >= 0.6 is 0 Å². The Morgan fingerprint density at radius 1 is 1.21 bits per heavy atom. The fourth-order valence-corrected chi connectivity index (χ4v) is 4.43. The molecule has 0 radical (unpaired) electrons. The Morgan fingerprint density at radius 2 is 1.96 bits per heavy atom. The number of carbonyl (C=O) groups excluding carboxylic acids is 1. The lowest BCUT2D eigenvalue weighted by Crippen LogP contribution is -2.45. The number of anilines is 1. The number of hydrogen-bond acceptors (Lipinski definition) is 5. The molecule has 28 heavy (non-hydrogen) atoms. The molecule has 1 N–H and O–H groups in total. The molecule has 1 aromatic carbocycles. The Bertz CT molecular complexity index is 884. The zero-order chi connectivity index (χ0) is 19.3. The first-order chi connectivity index (χ1) is 13.5. The number of benzene rings is 1. The van der Waals surface area contributed by atoms with Gasteiger partial charge in [-0.15, -0.1) is 5.10 Å². The molecule has 2 aliphatic carbocycles. The number of rotatable bonds is 5. The quantitative estimate of drug-likeness (QED) is 0.851. The zero-order valence-corrected chi connectivity index (χ0v) is 16.0. The van der Waals surface area contributed by atoms with Gasteiger partial charge in [-0.1, -0.05) is 23.3 Å². The molecule has 3 atom stereocenters. The average molecular weight is 384 g/mol. The summed E-state index contributed by atoms with van der Waals surface area (Å²) in [7, 11) is 0.